The molecule has 0 saturated heterocycles. The molecule has 0 radical (unpaired) electrons. The first-order valence-electron chi connectivity index (χ1n) is 6.90. The normalized spacial score (nSPS) is 12.5. The molecule has 0 amide bonds. The number of hydrogen-bond donors (Lipinski definition) is 1. The van der Waals surface area contributed by atoms with Gasteiger partial charge in [0.1, 0.15) is 0 Å². The van der Waals surface area contributed by atoms with E-state index in [1.807, 2.05) is 19.3 Å². The summed E-state index contributed by atoms with van der Waals surface area (Å²) in [5, 5.41) is 4.43. The maximum atomic E-state index is 4.36. The second-order valence-electron chi connectivity index (χ2n) is 5.04. The van der Waals surface area contributed by atoms with Crippen molar-refractivity contribution in [2.45, 2.75) is 13.0 Å². The summed E-state index contributed by atoms with van der Waals surface area (Å²) in [4.78, 5) is 4.36. The molecule has 0 aliphatic carbocycles. The fraction of sp³-hybridized carbons (Fsp3) is 0.167. The number of hydrogen-bond acceptors (Lipinski definition) is 2. The Bertz CT molecular complexity index is 717. The number of nitrogens with one attached hydrogen (secondary N) is 1. The number of benzene rings is 2. The van der Waals surface area contributed by atoms with Gasteiger partial charge in [-0.05, 0) is 48.9 Å². The third-order valence-corrected chi connectivity index (χ3v) is 3.78. The van der Waals surface area contributed by atoms with Gasteiger partial charge in [0, 0.05) is 17.6 Å². The Morgan fingerprint density at radius 2 is 1.70 bits per heavy atom. The Balaban J connectivity index is 1.98. The highest BCUT2D eigenvalue weighted by Gasteiger charge is 2.04. The van der Waals surface area contributed by atoms with Gasteiger partial charge in [-0.3, -0.25) is 4.98 Å². The molecule has 20 heavy (non-hydrogen) atoms. The molecule has 1 aromatic heterocycles. The fourth-order valence-corrected chi connectivity index (χ4v) is 2.39. The Hall–Kier alpha value is -2.19. The smallest absolute Gasteiger partial charge is 0.0702 e. The minimum atomic E-state index is 0.379. The SMILES string of the molecule is CNC(C)c1ccc(-c2ccc3ncccc3c2)cc1. The second-order valence-corrected chi connectivity index (χ2v) is 5.04. The van der Waals surface area contributed by atoms with Crippen molar-refractivity contribution in [1.82, 2.24) is 10.3 Å². The van der Waals surface area contributed by atoms with E-state index in [0.717, 1.165) is 5.52 Å². The molecule has 0 fully saturated rings. The zero-order chi connectivity index (χ0) is 13.9. The molecule has 1 N–H and O–H groups in total. The monoisotopic (exact) mass is 262 g/mol. The number of nitrogens with zero attached hydrogens (tertiary/aromatic N) is 1. The van der Waals surface area contributed by atoms with Gasteiger partial charge in [-0.1, -0.05) is 36.4 Å². The van der Waals surface area contributed by atoms with E-state index in [1.165, 1.54) is 22.1 Å². The van der Waals surface area contributed by atoms with Gasteiger partial charge in [-0.25, -0.2) is 0 Å². The van der Waals surface area contributed by atoms with Crippen LogP contribution in [-0.2, 0) is 0 Å². The predicted molar refractivity (Wildman–Crippen MR) is 84.7 cm³/mol. The fourth-order valence-electron chi connectivity index (χ4n) is 2.39. The Labute approximate surface area is 119 Å². The number of aromatic nitrogens is 1. The molecular formula is C18H18N2. The molecule has 3 aromatic rings. The van der Waals surface area contributed by atoms with Gasteiger partial charge in [0.25, 0.3) is 0 Å². The van der Waals surface area contributed by atoms with Crippen molar-refractivity contribution in [3.63, 3.8) is 0 Å². The van der Waals surface area contributed by atoms with Gasteiger partial charge in [-0.15, -0.1) is 0 Å². The van der Waals surface area contributed by atoms with Crippen molar-refractivity contribution in [1.29, 1.82) is 0 Å². The lowest BCUT2D eigenvalue weighted by atomic mass is 10.00. The number of pyridine rings is 1. The van der Waals surface area contributed by atoms with Gasteiger partial charge in [-0.2, -0.15) is 0 Å². The van der Waals surface area contributed by atoms with E-state index in [4.69, 9.17) is 0 Å². The molecule has 0 aliphatic heterocycles. The lowest BCUT2D eigenvalue weighted by Crippen LogP contribution is -2.11. The minimum Gasteiger partial charge on any atom is -0.313 e. The Kier molecular flexibility index (Phi) is 3.48. The molecule has 3 rings (SSSR count). The van der Waals surface area contributed by atoms with E-state index < -0.39 is 0 Å². The summed E-state index contributed by atoms with van der Waals surface area (Å²) in [5.41, 5.74) is 4.81. The highest BCUT2D eigenvalue weighted by molar-refractivity contribution is 5.84. The predicted octanol–water partition coefficient (Wildman–Crippen LogP) is 4.18. The van der Waals surface area contributed by atoms with E-state index in [0.29, 0.717) is 6.04 Å². The van der Waals surface area contributed by atoms with Crippen molar-refractivity contribution < 1.29 is 0 Å². The van der Waals surface area contributed by atoms with Crippen LogP contribution in [0.15, 0.2) is 60.8 Å². The molecule has 0 bridgehead atoms. The standard InChI is InChI=1S/C18H18N2/c1-13(19-2)14-5-7-15(8-6-14)16-9-10-18-17(12-16)4-3-11-20-18/h3-13,19H,1-2H3. The lowest BCUT2D eigenvalue weighted by Gasteiger charge is -2.11. The molecule has 0 saturated carbocycles. The maximum absolute atomic E-state index is 4.36. The van der Waals surface area contributed by atoms with Crippen molar-refractivity contribution in [3.05, 3.63) is 66.4 Å². The lowest BCUT2D eigenvalue weighted by molar-refractivity contribution is 0.652. The zero-order valence-corrected chi connectivity index (χ0v) is 11.8. The van der Waals surface area contributed by atoms with E-state index in [1.54, 1.807) is 0 Å². The maximum Gasteiger partial charge on any atom is 0.0702 e. The summed E-state index contributed by atoms with van der Waals surface area (Å²) in [6, 6.07) is 19.6. The van der Waals surface area contributed by atoms with Crippen LogP contribution in [0.5, 0.6) is 0 Å². The summed E-state index contributed by atoms with van der Waals surface area (Å²) in [5.74, 6) is 0. The summed E-state index contributed by atoms with van der Waals surface area (Å²) in [6.45, 7) is 2.16. The topological polar surface area (TPSA) is 24.9 Å². The van der Waals surface area contributed by atoms with Crippen molar-refractivity contribution >= 4 is 10.9 Å². The van der Waals surface area contributed by atoms with E-state index in [-0.39, 0.29) is 0 Å². The average Bonchev–Trinajstić information content (AvgIpc) is 2.54. The summed E-state index contributed by atoms with van der Waals surface area (Å²) in [6.07, 6.45) is 1.83. The van der Waals surface area contributed by atoms with Gasteiger partial charge in [0.2, 0.25) is 0 Å². The largest absolute Gasteiger partial charge is 0.313 e. The molecule has 0 aliphatic rings. The first-order valence-corrected chi connectivity index (χ1v) is 6.90. The first kappa shape index (κ1) is 12.8. The van der Waals surface area contributed by atoms with Gasteiger partial charge in [0.15, 0.2) is 0 Å². The van der Waals surface area contributed by atoms with Crippen LogP contribution in [-0.4, -0.2) is 12.0 Å². The highest BCUT2D eigenvalue weighted by Crippen LogP contribution is 2.25. The van der Waals surface area contributed by atoms with Crippen LogP contribution in [0, 0.1) is 0 Å². The highest BCUT2D eigenvalue weighted by atomic mass is 14.8. The summed E-state index contributed by atoms with van der Waals surface area (Å²) >= 11 is 0. The molecule has 1 heterocycles. The molecule has 2 aromatic carbocycles. The van der Waals surface area contributed by atoms with Crippen molar-refractivity contribution in [3.8, 4) is 11.1 Å². The van der Waals surface area contributed by atoms with Crippen LogP contribution >= 0.6 is 0 Å². The molecule has 100 valence electrons. The van der Waals surface area contributed by atoms with Crippen molar-refractivity contribution in [2.75, 3.05) is 7.05 Å². The molecule has 0 spiro atoms. The van der Waals surface area contributed by atoms with Crippen LogP contribution in [0.3, 0.4) is 0 Å². The quantitative estimate of drug-likeness (QED) is 0.766. The Morgan fingerprint density at radius 3 is 2.45 bits per heavy atom. The van der Waals surface area contributed by atoms with Crippen molar-refractivity contribution in [2.24, 2.45) is 0 Å². The summed E-state index contributed by atoms with van der Waals surface area (Å²) < 4.78 is 0. The van der Waals surface area contributed by atoms with E-state index in [2.05, 4.69) is 65.8 Å². The second kappa shape index (κ2) is 5.43. The summed E-state index contributed by atoms with van der Waals surface area (Å²) in [7, 11) is 1.98. The number of fused-ring (bicyclic) bond motifs is 1. The van der Waals surface area contributed by atoms with E-state index >= 15 is 0 Å². The molecule has 2 heteroatoms. The molecule has 1 unspecified atom stereocenters. The first-order chi connectivity index (χ1) is 9.78. The van der Waals surface area contributed by atoms with Crippen LogP contribution in [0.4, 0.5) is 0 Å². The molecule has 1 atom stereocenters. The third kappa shape index (κ3) is 2.43. The molecule has 2 nitrogen and oxygen atoms in total. The van der Waals surface area contributed by atoms with Crippen LogP contribution < -0.4 is 5.32 Å². The minimum absolute atomic E-state index is 0.379. The van der Waals surface area contributed by atoms with Gasteiger partial charge >= 0.3 is 0 Å². The van der Waals surface area contributed by atoms with Crippen LogP contribution in [0.2, 0.25) is 0 Å². The molecular weight excluding hydrogens is 244 g/mol. The van der Waals surface area contributed by atoms with Crippen LogP contribution in [0.1, 0.15) is 18.5 Å². The average molecular weight is 262 g/mol. The number of rotatable bonds is 3. The third-order valence-electron chi connectivity index (χ3n) is 3.78. The van der Waals surface area contributed by atoms with E-state index in [9.17, 15) is 0 Å². The van der Waals surface area contributed by atoms with Crippen LogP contribution in [0.25, 0.3) is 22.0 Å². The van der Waals surface area contributed by atoms with Gasteiger partial charge in [0.05, 0.1) is 5.52 Å². The Morgan fingerprint density at radius 1 is 0.950 bits per heavy atom. The van der Waals surface area contributed by atoms with Gasteiger partial charge < -0.3 is 5.32 Å². The zero-order valence-electron chi connectivity index (χ0n) is 11.8.